The number of nitrogens with one attached hydrogen (secondary N) is 3. The number of carbonyl (C=O) groups is 1. The van der Waals surface area contributed by atoms with Gasteiger partial charge in [0.1, 0.15) is 0 Å². The van der Waals surface area contributed by atoms with E-state index in [0.29, 0.717) is 18.3 Å². The van der Waals surface area contributed by atoms with Crippen molar-refractivity contribution < 1.29 is 9.53 Å². The van der Waals surface area contributed by atoms with E-state index in [1.54, 1.807) is 38.7 Å². The van der Waals surface area contributed by atoms with Crippen molar-refractivity contribution >= 4 is 41.5 Å². The first-order valence-corrected chi connectivity index (χ1v) is 6.31. The largest absolute Gasteiger partial charge is 0.383 e. The number of ether oxygens (including phenoxy) is 1. The molecule has 0 aliphatic rings. The number of carbonyl (C=O) groups excluding carboxylic acids is 1. The molecule has 21 heavy (non-hydrogen) atoms. The molecule has 1 unspecified atom stereocenters. The number of guanidine groups is 1. The van der Waals surface area contributed by atoms with E-state index in [1.165, 1.54) is 0 Å². The number of hydrogen-bond acceptors (Lipinski definition) is 4. The molecule has 3 N–H and O–H groups in total. The second-order valence-corrected chi connectivity index (χ2v) is 4.22. The lowest BCUT2D eigenvalue weighted by Crippen LogP contribution is -2.46. The van der Waals surface area contributed by atoms with Crippen molar-refractivity contribution in [2.24, 2.45) is 4.99 Å². The fourth-order valence-corrected chi connectivity index (χ4v) is 1.53. The SMILES string of the molecule is CN=C(NCC(=O)Nc1cccnc1)NC(C)COC.I. The predicted octanol–water partition coefficient (Wildman–Crippen LogP) is 0.838. The Morgan fingerprint density at radius 3 is 2.86 bits per heavy atom. The topological polar surface area (TPSA) is 87.6 Å². The normalized spacial score (nSPS) is 12.0. The number of aliphatic imine (C=N–C) groups is 1. The molecular weight excluding hydrogens is 385 g/mol. The van der Waals surface area contributed by atoms with Gasteiger partial charge in [-0.1, -0.05) is 0 Å². The van der Waals surface area contributed by atoms with Crippen molar-refractivity contribution in [2.45, 2.75) is 13.0 Å². The molecule has 0 aliphatic heterocycles. The summed E-state index contributed by atoms with van der Waals surface area (Å²) < 4.78 is 5.02. The van der Waals surface area contributed by atoms with Crippen molar-refractivity contribution in [3.63, 3.8) is 0 Å². The molecule has 0 bridgehead atoms. The Morgan fingerprint density at radius 1 is 1.52 bits per heavy atom. The molecule has 7 nitrogen and oxygen atoms in total. The number of nitrogens with zero attached hydrogens (tertiary/aromatic N) is 2. The summed E-state index contributed by atoms with van der Waals surface area (Å²) in [5.41, 5.74) is 0.662. The first-order valence-electron chi connectivity index (χ1n) is 6.31. The second kappa shape index (κ2) is 11.3. The number of anilines is 1. The molecule has 1 atom stereocenters. The zero-order valence-corrected chi connectivity index (χ0v) is 14.8. The molecule has 1 heterocycles. The highest BCUT2D eigenvalue weighted by molar-refractivity contribution is 14.0. The van der Waals surface area contributed by atoms with E-state index in [-0.39, 0.29) is 42.5 Å². The van der Waals surface area contributed by atoms with Crippen LogP contribution in [0, 0.1) is 0 Å². The highest BCUT2D eigenvalue weighted by Crippen LogP contribution is 2.01. The number of aromatic nitrogens is 1. The van der Waals surface area contributed by atoms with Crippen LogP contribution in [0.3, 0.4) is 0 Å². The number of hydrogen-bond donors (Lipinski definition) is 3. The summed E-state index contributed by atoms with van der Waals surface area (Å²) in [6.07, 6.45) is 3.24. The average molecular weight is 407 g/mol. The molecular formula is C13H22IN5O2. The van der Waals surface area contributed by atoms with Gasteiger partial charge in [-0.05, 0) is 19.1 Å². The van der Waals surface area contributed by atoms with Gasteiger partial charge in [0, 0.05) is 26.4 Å². The minimum Gasteiger partial charge on any atom is -0.383 e. The van der Waals surface area contributed by atoms with E-state index >= 15 is 0 Å². The van der Waals surface area contributed by atoms with Crippen LogP contribution in [0.15, 0.2) is 29.5 Å². The first-order chi connectivity index (χ1) is 9.65. The van der Waals surface area contributed by atoms with Gasteiger partial charge in [-0.2, -0.15) is 0 Å². The summed E-state index contributed by atoms with van der Waals surface area (Å²) in [7, 11) is 3.28. The Labute approximate surface area is 142 Å². The Kier molecular flexibility index (Phi) is 10.5. The number of methoxy groups -OCH3 is 1. The minimum atomic E-state index is -0.166. The molecule has 1 amide bonds. The third-order valence-electron chi connectivity index (χ3n) is 2.39. The quantitative estimate of drug-likeness (QED) is 0.370. The summed E-state index contributed by atoms with van der Waals surface area (Å²) in [5.74, 6) is 0.385. The fourth-order valence-electron chi connectivity index (χ4n) is 1.53. The molecule has 0 fully saturated rings. The minimum absolute atomic E-state index is 0. The van der Waals surface area contributed by atoms with Crippen molar-refractivity contribution in [3.05, 3.63) is 24.5 Å². The van der Waals surface area contributed by atoms with Crippen LogP contribution in [0.2, 0.25) is 0 Å². The Balaban J connectivity index is 0.00000400. The first kappa shape index (κ1) is 19.6. The van der Waals surface area contributed by atoms with Crippen LogP contribution in [0.25, 0.3) is 0 Å². The molecule has 0 aromatic carbocycles. The highest BCUT2D eigenvalue weighted by atomic mass is 127. The maximum Gasteiger partial charge on any atom is 0.243 e. The van der Waals surface area contributed by atoms with E-state index in [2.05, 4.69) is 25.9 Å². The average Bonchev–Trinajstić information content (AvgIpc) is 2.44. The third-order valence-corrected chi connectivity index (χ3v) is 2.39. The maximum absolute atomic E-state index is 11.7. The van der Waals surface area contributed by atoms with Gasteiger partial charge in [0.15, 0.2) is 5.96 Å². The lowest BCUT2D eigenvalue weighted by atomic mass is 10.4. The van der Waals surface area contributed by atoms with Crippen LogP contribution in [0.1, 0.15) is 6.92 Å². The van der Waals surface area contributed by atoms with E-state index in [9.17, 15) is 4.79 Å². The number of halogens is 1. The Morgan fingerprint density at radius 2 is 2.29 bits per heavy atom. The zero-order chi connectivity index (χ0) is 14.8. The van der Waals surface area contributed by atoms with Crippen LogP contribution in [0.4, 0.5) is 5.69 Å². The van der Waals surface area contributed by atoms with E-state index < -0.39 is 0 Å². The molecule has 0 spiro atoms. The van der Waals surface area contributed by atoms with Crippen molar-refractivity contribution in [3.8, 4) is 0 Å². The van der Waals surface area contributed by atoms with Gasteiger partial charge >= 0.3 is 0 Å². The van der Waals surface area contributed by atoms with Crippen LogP contribution < -0.4 is 16.0 Å². The predicted molar refractivity (Wildman–Crippen MR) is 94.1 cm³/mol. The van der Waals surface area contributed by atoms with Gasteiger partial charge in [0.05, 0.1) is 25.0 Å². The van der Waals surface area contributed by atoms with Crippen LogP contribution in [-0.2, 0) is 9.53 Å². The molecule has 1 aromatic rings. The van der Waals surface area contributed by atoms with Gasteiger partial charge in [0.25, 0.3) is 0 Å². The number of amides is 1. The molecule has 1 rings (SSSR count). The van der Waals surface area contributed by atoms with Gasteiger partial charge in [-0.3, -0.25) is 14.8 Å². The number of pyridine rings is 1. The summed E-state index contributed by atoms with van der Waals surface area (Å²) in [6.45, 7) is 2.64. The standard InChI is InChI=1S/C13H21N5O2.HI/c1-10(9-20-3)17-13(14-2)16-8-12(19)18-11-5-4-6-15-7-11;/h4-7,10H,8-9H2,1-3H3,(H,18,19)(H2,14,16,17);1H. The van der Waals surface area contributed by atoms with E-state index in [0.717, 1.165) is 0 Å². The van der Waals surface area contributed by atoms with Gasteiger partial charge in [0.2, 0.25) is 5.91 Å². The molecule has 0 saturated heterocycles. The summed E-state index contributed by atoms with van der Waals surface area (Å²) in [6, 6.07) is 3.64. The van der Waals surface area contributed by atoms with Crippen molar-refractivity contribution in [2.75, 3.05) is 32.6 Å². The van der Waals surface area contributed by atoms with Crippen LogP contribution >= 0.6 is 24.0 Å². The molecule has 8 heteroatoms. The molecule has 0 aliphatic carbocycles. The van der Waals surface area contributed by atoms with E-state index in [1.807, 2.05) is 6.92 Å². The summed E-state index contributed by atoms with van der Waals surface area (Å²) >= 11 is 0. The van der Waals surface area contributed by atoms with Gasteiger partial charge < -0.3 is 20.7 Å². The highest BCUT2D eigenvalue weighted by Gasteiger charge is 2.07. The molecule has 118 valence electrons. The Hall–Kier alpha value is -1.42. The molecule has 0 saturated carbocycles. The van der Waals surface area contributed by atoms with E-state index in [4.69, 9.17) is 4.74 Å². The Bertz CT molecular complexity index is 441. The third kappa shape index (κ3) is 8.45. The summed E-state index contributed by atoms with van der Waals surface area (Å²) in [5, 5.41) is 8.77. The van der Waals surface area contributed by atoms with Crippen molar-refractivity contribution in [1.82, 2.24) is 15.6 Å². The monoisotopic (exact) mass is 407 g/mol. The van der Waals surface area contributed by atoms with Gasteiger partial charge in [-0.15, -0.1) is 24.0 Å². The lowest BCUT2D eigenvalue weighted by molar-refractivity contribution is -0.115. The summed E-state index contributed by atoms with van der Waals surface area (Å²) in [4.78, 5) is 19.7. The smallest absolute Gasteiger partial charge is 0.243 e. The molecule has 0 radical (unpaired) electrons. The zero-order valence-electron chi connectivity index (χ0n) is 12.4. The fraction of sp³-hybridized carbons (Fsp3) is 0.462. The van der Waals surface area contributed by atoms with Crippen molar-refractivity contribution in [1.29, 1.82) is 0 Å². The van der Waals surface area contributed by atoms with Crippen LogP contribution in [0.5, 0.6) is 0 Å². The molecule has 1 aromatic heterocycles. The lowest BCUT2D eigenvalue weighted by Gasteiger charge is -2.16. The number of rotatable bonds is 6. The van der Waals surface area contributed by atoms with Crippen LogP contribution in [-0.4, -0.2) is 50.2 Å². The second-order valence-electron chi connectivity index (χ2n) is 4.22. The maximum atomic E-state index is 11.7. The van der Waals surface area contributed by atoms with Gasteiger partial charge in [-0.25, -0.2) is 0 Å².